The van der Waals surface area contributed by atoms with Gasteiger partial charge in [-0.05, 0) is 24.1 Å². The fourth-order valence-corrected chi connectivity index (χ4v) is 5.65. The maximum atomic E-state index is 13.3. The zero-order valence-corrected chi connectivity index (χ0v) is 18.6. The molecule has 0 saturated heterocycles. The van der Waals surface area contributed by atoms with Crippen molar-refractivity contribution in [3.8, 4) is 11.3 Å². The average Bonchev–Trinajstić information content (AvgIpc) is 3.19. The van der Waals surface area contributed by atoms with Crippen LogP contribution >= 0.6 is 11.3 Å². The van der Waals surface area contributed by atoms with Crippen molar-refractivity contribution in [2.75, 3.05) is 23.6 Å². The molecule has 3 aromatic rings. The van der Waals surface area contributed by atoms with Crippen LogP contribution in [0.2, 0.25) is 0 Å². The van der Waals surface area contributed by atoms with E-state index in [-0.39, 0.29) is 30.4 Å². The lowest BCUT2D eigenvalue weighted by atomic mass is 10.0. The third-order valence-corrected chi connectivity index (χ3v) is 7.60. The average molecular weight is 486 g/mol. The van der Waals surface area contributed by atoms with Crippen LogP contribution < -0.4 is 15.2 Å². The van der Waals surface area contributed by atoms with Gasteiger partial charge in [-0.15, -0.1) is 11.3 Å². The lowest BCUT2D eigenvalue weighted by Gasteiger charge is -2.09. The van der Waals surface area contributed by atoms with Gasteiger partial charge in [0, 0.05) is 24.0 Å². The van der Waals surface area contributed by atoms with E-state index in [1.54, 1.807) is 29.6 Å². The van der Waals surface area contributed by atoms with Gasteiger partial charge in [0.25, 0.3) is 10.0 Å². The normalized spacial score (nSPS) is 12.1. The molecule has 0 saturated carbocycles. The standard InChI is InChI=1S/C18H20FN5O4S3/c19-16-6-3-7-17(23-16)31(27,28)24-18-22-15(12-29-18)14-5-2-1-4-13(14)8-11-30(25,26)21-10-9-20/h1-7,12,21H,8-11,20H2,(H,22,24). The molecule has 0 aliphatic rings. The first-order valence-corrected chi connectivity index (χ1v) is 13.1. The summed E-state index contributed by atoms with van der Waals surface area (Å²) >= 11 is 1.05. The van der Waals surface area contributed by atoms with Crippen molar-refractivity contribution in [3.05, 3.63) is 59.4 Å². The number of nitrogens with one attached hydrogen (secondary N) is 2. The number of aromatic nitrogens is 2. The Morgan fingerprint density at radius 2 is 1.81 bits per heavy atom. The van der Waals surface area contributed by atoms with Gasteiger partial charge in [-0.2, -0.15) is 12.8 Å². The summed E-state index contributed by atoms with van der Waals surface area (Å²) in [6.45, 7) is 0.373. The van der Waals surface area contributed by atoms with E-state index in [9.17, 15) is 21.2 Å². The van der Waals surface area contributed by atoms with Crippen LogP contribution in [0.5, 0.6) is 0 Å². The molecule has 0 radical (unpaired) electrons. The minimum absolute atomic E-state index is 0.0769. The summed E-state index contributed by atoms with van der Waals surface area (Å²) in [5.41, 5.74) is 7.24. The Hall–Kier alpha value is -2.45. The van der Waals surface area contributed by atoms with Gasteiger partial charge in [0.1, 0.15) is 0 Å². The molecule has 0 aliphatic heterocycles. The van der Waals surface area contributed by atoms with Gasteiger partial charge in [0.2, 0.25) is 16.0 Å². The first kappa shape index (κ1) is 23.2. The van der Waals surface area contributed by atoms with Crippen LogP contribution in [0.1, 0.15) is 5.56 Å². The summed E-state index contributed by atoms with van der Waals surface area (Å²) in [4.78, 5) is 7.67. The Bertz CT molecular complexity index is 1260. The Labute approximate surface area is 183 Å². The lowest BCUT2D eigenvalue weighted by Crippen LogP contribution is -2.31. The predicted octanol–water partition coefficient (Wildman–Crippen LogP) is 1.57. The molecule has 0 unspecified atom stereocenters. The van der Waals surface area contributed by atoms with E-state index >= 15 is 0 Å². The van der Waals surface area contributed by atoms with Crippen molar-refractivity contribution in [1.29, 1.82) is 0 Å². The van der Waals surface area contributed by atoms with Crippen LogP contribution in [-0.4, -0.2) is 45.6 Å². The molecule has 0 aliphatic carbocycles. The summed E-state index contributed by atoms with van der Waals surface area (Å²) in [5, 5.41) is 1.27. The van der Waals surface area contributed by atoms with E-state index in [0.717, 1.165) is 23.0 Å². The summed E-state index contributed by atoms with van der Waals surface area (Å²) < 4.78 is 66.9. The molecular weight excluding hydrogens is 465 g/mol. The molecule has 9 nitrogen and oxygen atoms in total. The van der Waals surface area contributed by atoms with Crippen LogP contribution in [0.3, 0.4) is 0 Å². The van der Waals surface area contributed by atoms with E-state index < -0.39 is 31.0 Å². The van der Waals surface area contributed by atoms with E-state index in [4.69, 9.17) is 5.73 Å². The Kier molecular flexibility index (Phi) is 7.33. The van der Waals surface area contributed by atoms with Gasteiger partial charge >= 0.3 is 0 Å². The molecule has 13 heteroatoms. The highest BCUT2D eigenvalue weighted by atomic mass is 32.2. The van der Waals surface area contributed by atoms with Gasteiger partial charge in [-0.25, -0.2) is 23.1 Å². The second kappa shape index (κ2) is 9.78. The van der Waals surface area contributed by atoms with Gasteiger partial charge < -0.3 is 5.73 Å². The molecule has 2 aromatic heterocycles. The molecule has 166 valence electrons. The van der Waals surface area contributed by atoms with Crippen LogP contribution in [0.15, 0.2) is 52.9 Å². The third-order valence-electron chi connectivity index (χ3n) is 4.09. The highest BCUT2D eigenvalue weighted by Crippen LogP contribution is 2.29. The number of rotatable bonds is 10. The van der Waals surface area contributed by atoms with Crippen LogP contribution in [0.25, 0.3) is 11.3 Å². The fourth-order valence-electron chi connectivity index (χ4n) is 2.67. The summed E-state index contributed by atoms with van der Waals surface area (Å²) in [6.07, 6.45) is 0.238. The number of nitrogens with two attached hydrogens (primary N) is 1. The number of hydrogen-bond acceptors (Lipinski definition) is 8. The number of nitrogens with zero attached hydrogens (tertiary/aromatic N) is 2. The lowest BCUT2D eigenvalue weighted by molar-refractivity contribution is 0.558. The zero-order valence-electron chi connectivity index (χ0n) is 16.2. The van der Waals surface area contributed by atoms with Gasteiger partial charge in [-0.1, -0.05) is 30.3 Å². The first-order valence-electron chi connectivity index (χ1n) is 9.07. The predicted molar refractivity (Wildman–Crippen MR) is 117 cm³/mol. The molecule has 2 heterocycles. The number of thiazole rings is 1. The quantitative estimate of drug-likeness (QED) is 0.370. The third kappa shape index (κ3) is 6.27. The first-order chi connectivity index (χ1) is 14.7. The van der Waals surface area contributed by atoms with Crippen molar-refractivity contribution < 1.29 is 21.2 Å². The molecule has 0 bridgehead atoms. The molecule has 0 amide bonds. The van der Waals surface area contributed by atoms with E-state index in [1.165, 1.54) is 12.1 Å². The number of halogens is 1. The molecule has 31 heavy (non-hydrogen) atoms. The number of aryl methyl sites for hydroxylation is 1. The Morgan fingerprint density at radius 1 is 1.03 bits per heavy atom. The Balaban J connectivity index is 1.78. The van der Waals surface area contributed by atoms with E-state index in [1.807, 2.05) is 0 Å². The van der Waals surface area contributed by atoms with Gasteiger partial charge in [0.05, 0.1) is 11.4 Å². The second-order valence-corrected chi connectivity index (χ2v) is 10.8. The summed E-state index contributed by atoms with van der Waals surface area (Å²) in [5.74, 6) is -1.04. The SMILES string of the molecule is NCCNS(=O)(=O)CCc1ccccc1-c1csc(NS(=O)(=O)c2cccc(F)n2)n1. The number of anilines is 1. The van der Waals surface area contributed by atoms with Crippen molar-refractivity contribution in [3.63, 3.8) is 0 Å². The number of sulfonamides is 2. The van der Waals surface area contributed by atoms with E-state index in [2.05, 4.69) is 19.4 Å². The van der Waals surface area contributed by atoms with Crippen LogP contribution in [0.4, 0.5) is 9.52 Å². The Morgan fingerprint density at radius 3 is 2.55 bits per heavy atom. The summed E-state index contributed by atoms with van der Waals surface area (Å²) in [6, 6.07) is 10.6. The minimum Gasteiger partial charge on any atom is -0.329 e. The van der Waals surface area contributed by atoms with Crippen molar-refractivity contribution in [2.45, 2.75) is 11.4 Å². The molecule has 1 aromatic carbocycles. The van der Waals surface area contributed by atoms with E-state index in [0.29, 0.717) is 11.3 Å². The second-order valence-electron chi connectivity index (χ2n) is 6.35. The molecule has 0 fully saturated rings. The van der Waals surface area contributed by atoms with Crippen LogP contribution in [-0.2, 0) is 26.5 Å². The van der Waals surface area contributed by atoms with Crippen LogP contribution in [0, 0.1) is 5.95 Å². The molecule has 3 rings (SSSR count). The molecule has 0 spiro atoms. The zero-order chi connectivity index (χ0) is 22.5. The van der Waals surface area contributed by atoms with Crippen molar-refractivity contribution in [1.82, 2.24) is 14.7 Å². The number of hydrogen-bond donors (Lipinski definition) is 3. The number of pyridine rings is 1. The highest BCUT2D eigenvalue weighted by molar-refractivity contribution is 7.92. The molecular formula is C18H20FN5O4S3. The van der Waals surface area contributed by atoms with Gasteiger partial charge in [0.15, 0.2) is 10.2 Å². The molecule has 0 atom stereocenters. The smallest absolute Gasteiger partial charge is 0.281 e. The maximum Gasteiger partial charge on any atom is 0.281 e. The topological polar surface area (TPSA) is 144 Å². The van der Waals surface area contributed by atoms with Gasteiger partial charge in [-0.3, -0.25) is 4.72 Å². The maximum absolute atomic E-state index is 13.3. The monoisotopic (exact) mass is 485 g/mol. The molecule has 4 N–H and O–H groups in total. The number of benzene rings is 1. The largest absolute Gasteiger partial charge is 0.329 e. The highest BCUT2D eigenvalue weighted by Gasteiger charge is 2.19. The fraction of sp³-hybridized carbons (Fsp3) is 0.222. The minimum atomic E-state index is -4.10. The summed E-state index contributed by atoms with van der Waals surface area (Å²) in [7, 11) is -7.58. The van der Waals surface area contributed by atoms with Crippen molar-refractivity contribution >= 4 is 36.5 Å². The van der Waals surface area contributed by atoms with Crippen molar-refractivity contribution in [2.24, 2.45) is 5.73 Å².